The molecule has 126 valence electrons. The van der Waals surface area contributed by atoms with Crippen LogP contribution in [-0.2, 0) is 24.8 Å². The summed E-state index contributed by atoms with van der Waals surface area (Å²) in [5, 5.41) is 16.1. The largest absolute Gasteiger partial charge is 0.350 e. The number of aromatic nitrogens is 3. The molecule has 24 heavy (non-hydrogen) atoms. The van der Waals surface area contributed by atoms with Crippen molar-refractivity contribution in [3.63, 3.8) is 0 Å². The molecule has 1 N–H and O–H groups in total. The van der Waals surface area contributed by atoms with Crippen molar-refractivity contribution in [2.75, 3.05) is 0 Å². The fourth-order valence-corrected chi connectivity index (χ4v) is 4.32. The van der Waals surface area contributed by atoms with Crippen LogP contribution < -0.4 is 5.32 Å². The van der Waals surface area contributed by atoms with Gasteiger partial charge in [0.25, 0.3) is 0 Å². The predicted molar refractivity (Wildman–Crippen MR) is 99.6 cm³/mol. The monoisotopic (exact) mass is 378 g/mol. The highest BCUT2D eigenvalue weighted by Crippen LogP contribution is 2.23. The van der Waals surface area contributed by atoms with Gasteiger partial charge in [0.2, 0.25) is 5.91 Å². The summed E-state index contributed by atoms with van der Waals surface area (Å²) >= 11 is 4.78. The Morgan fingerprint density at radius 3 is 2.62 bits per heavy atom. The minimum absolute atomic E-state index is 0.0104. The first-order valence-corrected chi connectivity index (χ1v) is 10.1. The highest BCUT2D eigenvalue weighted by atomic mass is 32.2. The Morgan fingerprint density at radius 2 is 1.96 bits per heavy atom. The number of carbonyl (C=O) groups excluding carboxylic acids is 1. The number of nitrogens with one attached hydrogen (secondary N) is 1. The first kappa shape index (κ1) is 17.2. The molecular formula is C16H18N4OS3. The van der Waals surface area contributed by atoms with Gasteiger partial charge in [0.1, 0.15) is 5.82 Å². The van der Waals surface area contributed by atoms with Crippen LogP contribution in [-0.4, -0.2) is 25.9 Å². The molecule has 5 nitrogen and oxygen atoms in total. The molecule has 0 aliphatic rings. The van der Waals surface area contributed by atoms with Gasteiger partial charge in [-0.2, -0.15) is 0 Å². The van der Waals surface area contributed by atoms with Gasteiger partial charge in [-0.1, -0.05) is 23.9 Å². The number of rotatable bonds is 7. The number of hydrogen-bond donors (Lipinski definition) is 1. The van der Waals surface area contributed by atoms with Crippen LogP contribution in [0.2, 0.25) is 0 Å². The van der Waals surface area contributed by atoms with E-state index < -0.39 is 0 Å². The maximum absolute atomic E-state index is 12.2. The van der Waals surface area contributed by atoms with E-state index in [1.165, 1.54) is 16.6 Å². The molecule has 0 fully saturated rings. The van der Waals surface area contributed by atoms with Crippen LogP contribution in [0.25, 0.3) is 0 Å². The van der Waals surface area contributed by atoms with Gasteiger partial charge in [-0.05, 0) is 29.8 Å². The Hall–Kier alpha value is -1.64. The summed E-state index contributed by atoms with van der Waals surface area (Å²) < 4.78 is 1.97. The van der Waals surface area contributed by atoms with Gasteiger partial charge in [0.05, 0.1) is 11.8 Å². The Kier molecular flexibility index (Phi) is 5.70. The van der Waals surface area contributed by atoms with Gasteiger partial charge < -0.3 is 9.88 Å². The lowest BCUT2D eigenvalue weighted by molar-refractivity contribution is -0.120. The van der Waals surface area contributed by atoms with Crippen molar-refractivity contribution in [1.29, 1.82) is 0 Å². The van der Waals surface area contributed by atoms with E-state index >= 15 is 0 Å². The van der Waals surface area contributed by atoms with Gasteiger partial charge in [-0.15, -0.1) is 32.9 Å². The molecule has 0 spiro atoms. The summed E-state index contributed by atoms with van der Waals surface area (Å²) in [7, 11) is 1.95. The van der Waals surface area contributed by atoms with Gasteiger partial charge >= 0.3 is 0 Å². The van der Waals surface area contributed by atoms with E-state index in [2.05, 4.69) is 27.0 Å². The SMILES string of the molecule is C[C@@H](Sc1nnc(Cc2cccs2)n1C)C(=O)NCc1cccs1. The number of carbonyl (C=O) groups is 1. The minimum atomic E-state index is -0.220. The third kappa shape index (κ3) is 4.25. The number of hydrogen-bond acceptors (Lipinski definition) is 6. The second-order valence-corrected chi connectivity index (χ2v) is 8.64. The van der Waals surface area contributed by atoms with Crippen molar-refractivity contribution in [3.8, 4) is 0 Å². The van der Waals surface area contributed by atoms with E-state index in [-0.39, 0.29) is 11.2 Å². The van der Waals surface area contributed by atoms with Crippen LogP contribution in [0.5, 0.6) is 0 Å². The first-order chi connectivity index (χ1) is 11.6. The average molecular weight is 379 g/mol. The quantitative estimate of drug-likeness (QED) is 0.641. The zero-order chi connectivity index (χ0) is 16.9. The van der Waals surface area contributed by atoms with Crippen LogP contribution in [0.15, 0.2) is 40.2 Å². The van der Waals surface area contributed by atoms with E-state index in [9.17, 15) is 4.79 Å². The molecule has 0 aliphatic carbocycles. The van der Waals surface area contributed by atoms with Gasteiger partial charge in [0, 0.05) is 23.2 Å². The third-order valence-corrected chi connectivity index (χ3v) is 6.39. The van der Waals surface area contributed by atoms with E-state index in [0.717, 1.165) is 22.3 Å². The summed E-state index contributed by atoms with van der Waals surface area (Å²) in [6, 6.07) is 8.13. The van der Waals surface area contributed by atoms with Gasteiger partial charge in [-0.25, -0.2) is 0 Å². The lowest BCUT2D eigenvalue weighted by Gasteiger charge is -2.11. The van der Waals surface area contributed by atoms with Crippen LogP contribution in [0.4, 0.5) is 0 Å². The molecule has 1 atom stereocenters. The Bertz CT molecular complexity index is 780. The molecule has 0 aromatic carbocycles. The molecule has 0 bridgehead atoms. The highest BCUT2D eigenvalue weighted by molar-refractivity contribution is 8.00. The first-order valence-electron chi connectivity index (χ1n) is 7.51. The van der Waals surface area contributed by atoms with E-state index in [1.807, 2.05) is 42.1 Å². The van der Waals surface area contributed by atoms with Crippen molar-refractivity contribution in [3.05, 3.63) is 50.6 Å². The highest BCUT2D eigenvalue weighted by Gasteiger charge is 2.19. The number of nitrogens with zero attached hydrogens (tertiary/aromatic N) is 3. The van der Waals surface area contributed by atoms with Crippen LogP contribution >= 0.6 is 34.4 Å². The summed E-state index contributed by atoms with van der Waals surface area (Å²) in [6.07, 6.45) is 0.765. The lowest BCUT2D eigenvalue weighted by Crippen LogP contribution is -2.30. The van der Waals surface area contributed by atoms with E-state index in [0.29, 0.717) is 6.54 Å². The van der Waals surface area contributed by atoms with E-state index in [1.54, 1.807) is 22.7 Å². The Balaban J connectivity index is 1.56. The van der Waals surface area contributed by atoms with Crippen molar-refractivity contribution in [2.24, 2.45) is 7.05 Å². The van der Waals surface area contributed by atoms with Crippen molar-refractivity contribution in [1.82, 2.24) is 20.1 Å². The maximum atomic E-state index is 12.2. The topological polar surface area (TPSA) is 59.8 Å². The summed E-state index contributed by atoms with van der Waals surface area (Å²) in [5.41, 5.74) is 0. The lowest BCUT2D eigenvalue weighted by atomic mass is 10.3. The number of amides is 1. The molecular weight excluding hydrogens is 360 g/mol. The Morgan fingerprint density at radius 1 is 1.25 bits per heavy atom. The second-order valence-electron chi connectivity index (χ2n) is 5.27. The summed E-state index contributed by atoms with van der Waals surface area (Å²) in [5.74, 6) is 0.919. The molecule has 3 rings (SSSR count). The van der Waals surface area contributed by atoms with Crippen LogP contribution in [0, 0.1) is 0 Å². The van der Waals surface area contributed by atoms with Crippen molar-refractivity contribution < 1.29 is 4.79 Å². The number of thiophene rings is 2. The average Bonchev–Trinajstić information content (AvgIpc) is 3.32. The fraction of sp³-hybridized carbons (Fsp3) is 0.312. The molecule has 3 aromatic rings. The van der Waals surface area contributed by atoms with Crippen molar-refractivity contribution >= 4 is 40.3 Å². The molecule has 0 saturated heterocycles. The molecule has 0 radical (unpaired) electrons. The summed E-state index contributed by atoms with van der Waals surface area (Å²) in [6.45, 7) is 2.46. The van der Waals surface area contributed by atoms with Gasteiger partial charge in [0.15, 0.2) is 5.16 Å². The molecule has 1 amide bonds. The molecule has 3 aromatic heterocycles. The molecule has 0 saturated carbocycles. The molecule has 0 aliphatic heterocycles. The normalized spacial score (nSPS) is 12.2. The molecule has 3 heterocycles. The maximum Gasteiger partial charge on any atom is 0.233 e. The van der Waals surface area contributed by atoms with Crippen LogP contribution in [0.3, 0.4) is 0 Å². The molecule has 8 heteroatoms. The number of thioether (sulfide) groups is 1. The standard InChI is InChI=1S/C16H18N4OS3/c1-11(15(21)17-10-13-6-4-8-23-13)24-16-19-18-14(20(16)2)9-12-5-3-7-22-12/h3-8,11H,9-10H2,1-2H3,(H,17,21)/t11-/m1/s1. The predicted octanol–water partition coefficient (Wildman–Crippen LogP) is 3.33. The fourth-order valence-electron chi connectivity index (χ4n) is 2.11. The zero-order valence-corrected chi connectivity index (χ0v) is 15.9. The van der Waals surface area contributed by atoms with Gasteiger partial charge in [-0.3, -0.25) is 4.79 Å². The third-order valence-electron chi connectivity index (χ3n) is 3.51. The summed E-state index contributed by atoms with van der Waals surface area (Å²) in [4.78, 5) is 14.6. The smallest absolute Gasteiger partial charge is 0.233 e. The van der Waals surface area contributed by atoms with Crippen LogP contribution in [0.1, 0.15) is 22.5 Å². The second kappa shape index (κ2) is 7.96. The Labute approximate surface area is 153 Å². The zero-order valence-electron chi connectivity index (χ0n) is 13.4. The minimum Gasteiger partial charge on any atom is -0.350 e. The van der Waals surface area contributed by atoms with Crippen molar-refractivity contribution in [2.45, 2.75) is 30.3 Å². The van der Waals surface area contributed by atoms with E-state index in [4.69, 9.17) is 0 Å². The molecule has 0 unspecified atom stereocenters.